The molecule has 1 N–H and O–H groups in total. The molecule has 1 aromatic carbocycles. The third-order valence-corrected chi connectivity index (χ3v) is 4.34. The van der Waals surface area contributed by atoms with Gasteiger partial charge in [-0.15, -0.1) is 0 Å². The summed E-state index contributed by atoms with van der Waals surface area (Å²) in [4.78, 5) is 30.7. The molecule has 1 fully saturated rings. The van der Waals surface area contributed by atoms with E-state index in [1.54, 1.807) is 49.6 Å². The summed E-state index contributed by atoms with van der Waals surface area (Å²) in [5, 5.41) is 2.78. The van der Waals surface area contributed by atoms with Crippen LogP contribution in [0.25, 0.3) is 0 Å². The highest BCUT2D eigenvalue weighted by molar-refractivity contribution is 6.04. The van der Waals surface area contributed by atoms with Gasteiger partial charge in [-0.3, -0.25) is 9.59 Å². The number of carbonyl (C=O) groups excluding carboxylic acids is 2. The van der Waals surface area contributed by atoms with Crippen LogP contribution in [-0.4, -0.2) is 37.6 Å². The highest BCUT2D eigenvalue weighted by Crippen LogP contribution is 2.36. The van der Waals surface area contributed by atoms with Crippen LogP contribution >= 0.6 is 0 Å². The average molecular weight is 355 g/mol. The highest BCUT2D eigenvalue weighted by Gasteiger charge is 2.36. The summed E-state index contributed by atoms with van der Waals surface area (Å²) in [6, 6.07) is 8.88. The predicted molar refractivity (Wildman–Crippen MR) is 97.6 cm³/mol. The molecule has 2 heterocycles. The molecule has 1 atom stereocenters. The standard InChI is InChI=1S/C19H21N3O4/c1-12-6-7-20-17(8-12)21-19(24)13-9-18(23)22(11-13)15-10-14(25-2)4-5-16(15)26-3/h4-8,10,13H,9,11H2,1-3H3,(H,20,21,24)/t13-/m0/s1. The molecule has 0 unspecified atom stereocenters. The molecule has 0 radical (unpaired) electrons. The molecular formula is C19H21N3O4. The van der Waals surface area contributed by atoms with Gasteiger partial charge < -0.3 is 19.7 Å². The van der Waals surface area contributed by atoms with Gasteiger partial charge in [-0.05, 0) is 36.8 Å². The summed E-state index contributed by atoms with van der Waals surface area (Å²) < 4.78 is 10.6. The molecule has 0 aliphatic carbocycles. The first-order valence-corrected chi connectivity index (χ1v) is 8.27. The molecule has 26 heavy (non-hydrogen) atoms. The number of benzene rings is 1. The monoisotopic (exact) mass is 355 g/mol. The number of rotatable bonds is 5. The quantitative estimate of drug-likeness (QED) is 0.891. The summed E-state index contributed by atoms with van der Waals surface area (Å²) in [6.07, 6.45) is 1.77. The minimum atomic E-state index is -0.458. The zero-order chi connectivity index (χ0) is 18.7. The average Bonchev–Trinajstić information content (AvgIpc) is 3.03. The Balaban J connectivity index is 1.77. The van der Waals surface area contributed by atoms with E-state index in [9.17, 15) is 9.59 Å². The second-order valence-electron chi connectivity index (χ2n) is 6.15. The van der Waals surface area contributed by atoms with Crippen LogP contribution in [0.5, 0.6) is 11.5 Å². The van der Waals surface area contributed by atoms with Crippen molar-refractivity contribution >= 4 is 23.3 Å². The van der Waals surface area contributed by atoms with Gasteiger partial charge in [-0.25, -0.2) is 4.98 Å². The van der Waals surface area contributed by atoms with Crippen LogP contribution in [0.3, 0.4) is 0 Å². The first kappa shape index (κ1) is 17.7. The topological polar surface area (TPSA) is 80.8 Å². The van der Waals surface area contributed by atoms with Crippen molar-refractivity contribution in [2.75, 3.05) is 31.0 Å². The number of aryl methyl sites for hydroxylation is 1. The zero-order valence-corrected chi connectivity index (χ0v) is 15.0. The molecule has 136 valence electrons. The van der Waals surface area contributed by atoms with Crippen LogP contribution < -0.4 is 19.7 Å². The Bertz CT molecular complexity index is 837. The van der Waals surface area contributed by atoms with Crippen LogP contribution in [0, 0.1) is 12.8 Å². The van der Waals surface area contributed by atoms with Gasteiger partial charge in [0.25, 0.3) is 0 Å². The molecule has 2 amide bonds. The van der Waals surface area contributed by atoms with Crippen LogP contribution in [-0.2, 0) is 9.59 Å². The minimum absolute atomic E-state index is 0.131. The van der Waals surface area contributed by atoms with Crippen LogP contribution in [0.1, 0.15) is 12.0 Å². The summed E-state index contributed by atoms with van der Waals surface area (Å²) in [6.45, 7) is 2.20. The molecule has 0 bridgehead atoms. The van der Waals surface area contributed by atoms with Crippen molar-refractivity contribution in [3.8, 4) is 11.5 Å². The molecule has 7 heteroatoms. The van der Waals surface area contributed by atoms with E-state index in [0.29, 0.717) is 23.0 Å². The number of anilines is 2. The summed E-state index contributed by atoms with van der Waals surface area (Å²) in [5.41, 5.74) is 1.60. The summed E-state index contributed by atoms with van der Waals surface area (Å²) in [5.74, 6) is 0.848. The zero-order valence-electron chi connectivity index (χ0n) is 15.0. The Hall–Kier alpha value is -3.09. The Morgan fingerprint density at radius 3 is 2.73 bits per heavy atom. The lowest BCUT2D eigenvalue weighted by Crippen LogP contribution is -2.28. The van der Waals surface area contributed by atoms with Crippen LogP contribution in [0.4, 0.5) is 11.5 Å². The molecule has 1 aromatic heterocycles. The van der Waals surface area contributed by atoms with Gasteiger partial charge in [0.2, 0.25) is 11.8 Å². The third kappa shape index (κ3) is 3.61. The Morgan fingerprint density at radius 1 is 1.23 bits per heavy atom. The maximum absolute atomic E-state index is 12.5. The predicted octanol–water partition coefficient (Wildman–Crippen LogP) is 2.40. The second-order valence-corrected chi connectivity index (χ2v) is 6.15. The molecule has 1 aliphatic rings. The van der Waals surface area contributed by atoms with E-state index >= 15 is 0 Å². The fourth-order valence-corrected chi connectivity index (χ4v) is 2.96. The van der Waals surface area contributed by atoms with Crippen molar-refractivity contribution in [1.29, 1.82) is 0 Å². The third-order valence-electron chi connectivity index (χ3n) is 4.34. The molecule has 1 aliphatic heterocycles. The van der Waals surface area contributed by atoms with E-state index in [0.717, 1.165) is 5.56 Å². The van der Waals surface area contributed by atoms with Gasteiger partial charge in [0.15, 0.2) is 0 Å². The first-order chi connectivity index (χ1) is 12.5. The summed E-state index contributed by atoms with van der Waals surface area (Å²) in [7, 11) is 3.10. The fourth-order valence-electron chi connectivity index (χ4n) is 2.96. The number of pyridine rings is 1. The lowest BCUT2D eigenvalue weighted by atomic mass is 10.1. The SMILES string of the molecule is COc1ccc(OC)c(N2C[C@@H](C(=O)Nc3cc(C)ccn3)CC2=O)c1. The normalized spacial score (nSPS) is 16.5. The van der Waals surface area contributed by atoms with Gasteiger partial charge in [-0.1, -0.05) is 0 Å². The number of ether oxygens (including phenoxy) is 2. The number of aromatic nitrogens is 1. The van der Waals surface area contributed by atoms with Crippen molar-refractivity contribution in [3.05, 3.63) is 42.1 Å². The molecule has 2 aromatic rings. The van der Waals surface area contributed by atoms with Gasteiger partial charge in [0, 0.05) is 25.2 Å². The molecule has 7 nitrogen and oxygen atoms in total. The van der Waals surface area contributed by atoms with E-state index in [4.69, 9.17) is 9.47 Å². The summed E-state index contributed by atoms with van der Waals surface area (Å²) >= 11 is 0. The van der Waals surface area contributed by atoms with Crippen LogP contribution in [0.2, 0.25) is 0 Å². The fraction of sp³-hybridized carbons (Fsp3) is 0.316. The molecule has 0 spiro atoms. The Kier molecular flexibility index (Phi) is 5.06. The molecular weight excluding hydrogens is 334 g/mol. The van der Waals surface area contributed by atoms with Gasteiger partial charge in [0.1, 0.15) is 17.3 Å². The number of amides is 2. The lowest BCUT2D eigenvalue weighted by Gasteiger charge is -2.20. The van der Waals surface area contributed by atoms with Gasteiger partial charge >= 0.3 is 0 Å². The highest BCUT2D eigenvalue weighted by atomic mass is 16.5. The number of nitrogens with one attached hydrogen (secondary N) is 1. The largest absolute Gasteiger partial charge is 0.497 e. The first-order valence-electron chi connectivity index (χ1n) is 8.27. The van der Waals surface area contributed by atoms with E-state index in [2.05, 4.69) is 10.3 Å². The van der Waals surface area contributed by atoms with Gasteiger partial charge in [0.05, 0.1) is 25.8 Å². The number of hydrogen-bond acceptors (Lipinski definition) is 5. The lowest BCUT2D eigenvalue weighted by molar-refractivity contribution is -0.122. The second kappa shape index (κ2) is 7.43. The molecule has 0 saturated carbocycles. The Morgan fingerprint density at radius 2 is 2.04 bits per heavy atom. The number of carbonyl (C=O) groups is 2. The smallest absolute Gasteiger partial charge is 0.230 e. The molecule has 1 saturated heterocycles. The van der Waals surface area contributed by atoms with E-state index in [1.165, 1.54) is 0 Å². The van der Waals surface area contributed by atoms with Crippen molar-refractivity contribution in [2.45, 2.75) is 13.3 Å². The van der Waals surface area contributed by atoms with Crippen molar-refractivity contribution in [3.63, 3.8) is 0 Å². The van der Waals surface area contributed by atoms with E-state index in [-0.39, 0.29) is 24.8 Å². The van der Waals surface area contributed by atoms with E-state index in [1.807, 2.05) is 13.0 Å². The van der Waals surface area contributed by atoms with Crippen molar-refractivity contribution in [2.24, 2.45) is 5.92 Å². The Labute approximate surface area is 151 Å². The maximum atomic E-state index is 12.5. The molecule has 3 rings (SSSR count). The van der Waals surface area contributed by atoms with E-state index < -0.39 is 5.92 Å². The van der Waals surface area contributed by atoms with Crippen molar-refractivity contribution in [1.82, 2.24) is 4.98 Å². The van der Waals surface area contributed by atoms with Gasteiger partial charge in [-0.2, -0.15) is 0 Å². The number of methoxy groups -OCH3 is 2. The minimum Gasteiger partial charge on any atom is -0.497 e. The maximum Gasteiger partial charge on any atom is 0.230 e. The number of nitrogens with zero attached hydrogens (tertiary/aromatic N) is 2. The number of hydrogen-bond donors (Lipinski definition) is 1. The van der Waals surface area contributed by atoms with Crippen LogP contribution in [0.15, 0.2) is 36.5 Å². The van der Waals surface area contributed by atoms with Crippen molar-refractivity contribution < 1.29 is 19.1 Å².